The Morgan fingerprint density at radius 3 is 2.53 bits per heavy atom. The van der Waals surface area contributed by atoms with Gasteiger partial charge in [0.25, 0.3) is 5.56 Å². The van der Waals surface area contributed by atoms with E-state index in [9.17, 15) is 27.6 Å². The molecule has 0 saturated heterocycles. The van der Waals surface area contributed by atoms with Crippen LogP contribution in [-0.4, -0.2) is 27.9 Å². The van der Waals surface area contributed by atoms with Gasteiger partial charge in [-0.15, -0.1) is 11.3 Å². The third-order valence-corrected chi connectivity index (χ3v) is 6.40. The molecule has 32 heavy (non-hydrogen) atoms. The van der Waals surface area contributed by atoms with Crippen LogP contribution in [0.2, 0.25) is 0 Å². The average molecular weight is 464 g/mol. The summed E-state index contributed by atoms with van der Waals surface area (Å²) in [5.74, 6) is -1.16. The normalized spacial score (nSPS) is 13.6. The standard InChI is InChI=1S/C21H19F3N4O3S/c22-21(23,24)12-5-7-13(8-6-12)27-16(29)9-25-17(30)10-28-11-26-19-18(20(28)31)14-3-1-2-4-15(14)32-19/h5-8,11H,1-4,9-10H2,(H,25,30)(H,27,29). The number of rotatable bonds is 5. The van der Waals surface area contributed by atoms with Crippen molar-refractivity contribution < 1.29 is 22.8 Å². The molecule has 2 aromatic heterocycles. The van der Waals surface area contributed by atoms with Crippen molar-refractivity contribution in [3.63, 3.8) is 0 Å². The van der Waals surface area contributed by atoms with Gasteiger partial charge in [-0.1, -0.05) is 0 Å². The lowest BCUT2D eigenvalue weighted by Gasteiger charge is -2.11. The molecule has 2 amide bonds. The third kappa shape index (κ3) is 4.67. The van der Waals surface area contributed by atoms with Gasteiger partial charge in [0.2, 0.25) is 11.8 Å². The van der Waals surface area contributed by atoms with Crippen molar-refractivity contribution >= 4 is 39.1 Å². The first kappa shape index (κ1) is 22.0. The Balaban J connectivity index is 1.36. The monoisotopic (exact) mass is 464 g/mol. The number of amides is 2. The fraction of sp³-hybridized carbons (Fsp3) is 0.333. The number of nitrogens with one attached hydrogen (secondary N) is 2. The van der Waals surface area contributed by atoms with Crippen molar-refractivity contribution in [2.75, 3.05) is 11.9 Å². The molecule has 0 unspecified atom stereocenters. The smallest absolute Gasteiger partial charge is 0.345 e. The minimum Gasteiger partial charge on any atom is -0.345 e. The molecule has 0 atom stereocenters. The first-order chi connectivity index (χ1) is 15.2. The van der Waals surface area contributed by atoms with Crippen LogP contribution in [0.4, 0.5) is 18.9 Å². The molecule has 1 aliphatic rings. The second-order valence-electron chi connectivity index (χ2n) is 7.47. The Morgan fingerprint density at radius 1 is 1.09 bits per heavy atom. The van der Waals surface area contributed by atoms with Gasteiger partial charge >= 0.3 is 6.18 Å². The summed E-state index contributed by atoms with van der Waals surface area (Å²) in [5.41, 5.74) is 0.0928. The summed E-state index contributed by atoms with van der Waals surface area (Å²) in [6.07, 6.45) is 0.729. The molecule has 0 radical (unpaired) electrons. The van der Waals surface area contributed by atoms with Gasteiger partial charge in [-0.3, -0.25) is 19.0 Å². The summed E-state index contributed by atoms with van der Waals surface area (Å²) in [7, 11) is 0. The number of carbonyl (C=O) groups excluding carboxylic acids is 2. The van der Waals surface area contributed by atoms with E-state index in [-0.39, 0.29) is 17.8 Å². The highest BCUT2D eigenvalue weighted by Crippen LogP contribution is 2.33. The Labute approximate surface area is 184 Å². The first-order valence-electron chi connectivity index (χ1n) is 9.96. The van der Waals surface area contributed by atoms with Gasteiger partial charge in [0, 0.05) is 10.6 Å². The number of benzene rings is 1. The number of aromatic nitrogens is 2. The molecule has 0 aliphatic heterocycles. The molecule has 0 saturated carbocycles. The van der Waals surface area contributed by atoms with Gasteiger partial charge in [-0.05, 0) is 55.5 Å². The maximum absolute atomic E-state index is 12.9. The molecule has 0 spiro atoms. The van der Waals surface area contributed by atoms with Crippen molar-refractivity contribution in [2.45, 2.75) is 38.4 Å². The predicted octanol–water partition coefficient (Wildman–Crippen LogP) is 3.11. The fourth-order valence-corrected chi connectivity index (χ4v) is 4.85. The van der Waals surface area contributed by atoms with Crippen molar-refractivity contribution in [3.8, 4) is 0 Å². The van der Waals surface area contributed by atoms with Gasteiger partial charge in [0.1, 0.15) is 11.4 Å². The number of fused-ring (bicyclic) bond motifs is 3. The molecule has 11 heteroatoms. The SMILES string of the molecule is O=C(Cn1cnc2sc3c(c2c1=O)CCCC3)NCC(=O)Nc1ccc(C(F)(F)F)cc1. The zero-order chi connectivity index (χ0) is 22.9. The van der Waals surface area contributed by atoms with Crippen LogP contribution in [0.25, 0.3) is 10.2 Å². The van der Waals surface area contributed by atoms with Crippen molar-refractivity contribution in [2.24, 2.45) is 0 Å². The molecule has 1 aromatic carbocycles. The predicted molar refractivity (Wildman–Crippen MR) is 114 cm³/mol. The quantitative estimate of drug-likeness (QED) is 0.607. The second kappa shape index (κ2) is 8.73. The van der Waals surface area contributed by atoms with Gasteiger partial charge in [0.15, 0.2) is 0 Å². The van der Waals surface area contributed by atoms with Gasteiger partial charge < -0.3 is 10.6 Å². The summed E-state index contributed by atoms with van der Waals surface area (Å²) in [5, 5.41) is 5.38. The maximum atomic E-state index is 12.9. The van der Waals surface area contributed by atoms with E-state index < -0.39 is 30.1 Å². The topological polar surface area (TPSA) is 93.1 Å². The number of aryl methyl sites for hydroxylation is 2. The van der Waals surface area contributed by atoms with E-state index in [1.165, 1.54) is 27.1 Å². The van der Waals surface area contributed by atoms with Crippen LogP contribution in [0.5, 0.6) is 0 Å². The molecule has 0 bridgehead atoms. The van der Waals surface area contributed by atoms with E-state index in [0.717, 1.165) is 55.5 Å². The Kier molecular flexibility index (Phi) is 6.00. The van der Waals surface area contributed by atoms with Crippen LogP contribution < -0.4 is 16.2 Å². The Bertz CT molecular complexity index is 1230. The number of nitrogens with zero attached hydrogens (tertiary/aromatic N) is 2. The highest BCUT2D eigenvalue weighted by Gasteiger charge is 2.30. The van der Waals surface area contributed by atoms with Crippen LogP contribution in [0.15, 0.2) is 35.4 Å². The molecular weight excluding hydrogens is 445 g/mol. The van der Waals surface area contributed by atoms with E-state index in [0.29, 0.717) is 10.2 Å². The van der Waals surface area contributed by atoms with E-state index in [1.807, 2.05) is 0 Å². The average Bonchev–Trinajstić information content (AvgIpc) is 3.13. The van der Waals surface area contributed by atoms with E-state index in [2.05, 4.69) is 15.6 Å². The molecule has 2 heterocycles. The largest absolute Gasteiger partial charge is 0.416 e. The summed E-state index contributed by atoms with van der Waals surface area (Å²) in [6.45, 7) is -0.682. The van der Waals surface area contributed by atoms with Crippen LogP contribution >= 0.6 is 11.3 Å². The van der Waals surface area contributed by atoms with E-state index in [1.54, 1.807) is 0 Å². The van der Waals surface area contributed by atoms with Crippen LogP contribution in [0, 0.1) is 0 Å². The molecule has 1 aliphatic carbocycles. The number of thiophene rings is 1. The molecular formula is C21H19F3N4O3S. The van der Waals surface area contributed by atoms with Crippen LogP contribution in [0.3, 0.4) is 0 Å². The van der Waals surface area contributed by atoms with Crippen molar-refractivity contribution in [3.05, 3.63) is 57.0 Å². The molecule has 2 N–H and O–H groups in total. The molecule has 7 nitrogen and oxygen atoms in total. The molecule has 4 rings (SSSR count). The number of anilines is 1. The minimum atomic E-state index is -4.46. The number of hydrogen-bond acceptors (Lipinski definition) is 5. The number of alkyl halides is 3. The van der Waals surface area contributed by atoms with Crippen molar-refractivity contribution in [1.29, 1.82) is 0 Å². The lowest BCUT2D eigenvalue weighted by molar-refractivity contribution is -0.137. The minimum absolute atomic E-state index is 0.172. The Morgan fingerprint density at radius 2 is 1.81 bits per heavy atom. The first-order valence-corrected chi connectivity index (χ1v) is 10.8. The molecule has 168 valence electrons. The van der Waals surface area contributed by atoms with E-state index >= 15 is 0 Å². The Hall–Kier alpha value is -3.21. The summed E-state index contributed by atoms with van der Waals surface area (Å²) >= 11 is 1.52. The fourth-order valence-electron chi connectivity index (χ4n) is 3.63. The molecule has 0 fully saturated rings. The maximum Gasteiger partial charge on any atom is 0.416 e. The third-order valence-electron chi connectivity index (χ3n) is 5.20. The summed E-state index contributed by atoms with van der Waals surface area (Å²) < 4.78 is 39.0. The van der Waals surface area contributed by atoms with Crippen LogP contribution in [0.1, 0.15) is 28.8 Å². The van der Waals surface area contributed by atoms with E-state index in [4.69, 9.17) is 0 Å². The molecule has 3 aromatic rings. The number of carbonyl (C=O) groups is 2. The van der Waals surface area contributed by atoms with Gasteiger partial charge in [-0.25, -0.2) is 4.98 Å². The lowest BCUT2D eigenvalue weighted by atomic mass is 9.97. The zero-order valence-corrected chi connectivity index (χ0v) is 17.6. The number of halogens is 3. The summed E-state index contributed by atoms with van der Waals surface area (Å²) in [4.78, 5) is 43.3. The summed E-state index contributed by atoms with van der Waals surface area (Å²) in [6, 6.07) is 3.97. The van der Waals surface area contributed by atoms with Crippen molar-refractivity contribution in [1.82, 2.24) is 14.9 Å². The highest BCUT2D eigenvalue weighted by atomic mass is 32.1. The highest BCUT2D eigenvalue weighted by molar-refractivity contribution is 7.18. The second-order valence-corrected chi connectivity index (χ2v) is 8.55. The van der Waals surface area contributed by atoms with Gasteiger partial charge in [0.05, 0.1) is 23.8 Å². The zero-order valence-electron chi connectivity index (χ0n) is 16.8. The van der Waals surface area contributed by atoms with Crippen LogP contribution in [-0.2, 0) is 35.2 Å². The lowest BCUT2D eigenvalue weighted by Crippen LogP contribution is -2.37. The number of hydrogen-bond donors (Lipinski definition) is 2. The van der Waals surface area contributed by atoms with Gasteiger partial charge in [-0.2, -0.15) is 13.2 Å².